The van der Waals surface area contributed by atoms with E-state index in [4.69, 9.17) is 0 Å². The number of hydrogen-bond acceptors (Lipinski definition) is 5. The monoisotopic (exact) mass is 354 g/mol. The van der Waals surface area contributed by atoms with Gasteiger partial charge >= 0.3 is 0 Å². The van der Waals surface area contributed by atoms with Crippen molar-refractivity contribution in [2.45, 2.75) is 26.3 Å². The van der Waals surface area contributed by atoms with Gasteiger partial charge in [-0.25, -0.2) is 14.4 Å². The molecule has 0 saturated carbocycles. The lowest BCUT2D eigenvalue weighted by Gasteiger charge is -2.35. The van der Waals surface area contributed by atoms with Crippen molar-refractivity contribution in [3.63, 3.8) is 0 Å². The van der Waals surface area contributed by atoms with Crippen LogP contribution in [-0.4, -0.2) is 45.8 Å². The first-order valence-electron chi connectivity index (χ1n) is 9.06. The molecule has 4 rings (SSSR count). The SMILES string of the molecule is CC(C)C[C@@H]1CN(c2ccc(F)c(-c3[nH]nc4ncccc34)n2)CCN1. The van der Waals surface area contributed by atoms with Gasteiger partial charge in [-0.1, -0.05) is 13.8 Å². The van der Waals surface area contributed by atoms with Crippen molar-refractivity contribution in [3.05, 3.63) is 36.3 Å². The summed E-state index contributed by atoms with van der Waals surface area (Å²) < 4.78 is 14.5. The summed E-state index contributed by atoms with van der Waals surface area (Å²) in [5.74, 6) is 1.06. The van der Waals surface area contributed by atoms with Gasteiger partial charge in [0.1, 0.15) is 11.5 Å². The smallest absolute Gasteiger partial charge is 0.181 e. The van der Waals surface area contributed by atoms with Gasteiger partial charge in [-0.05, 0) is 36.6 Å². The van der Waals surface area contributed by atoms with E-state index in [2.05, 4.69) is 44.2 Å². The quantitative estimate of drug-likeness (QED) is 0.754. The molecule has 0 unspecified atom stereocenters. The third kappa shape index (κ3) is 3.26. The van der Waals surface area contributed by atoms with Crippen LogP contribution < -0.4 is 10.2 Å². The average molecular weight is 354 g/mol. The van der Waals surface area contributed by atoms with E-state index >= 15 is 0 Å². The number of nitrogens with one attached hydrogen (secondary N) is 2. The standard InChI is InChI=1S/C19H23FN6/c1-12(2)10-13-11-26(9-8-21-13)16-6-5-15(20)18(23-16)17-14-4-3-7-22-19(14)25-24-17/h3-7,12-13,21H,8-11H2,1-2H3,(H,22,24,25)/t13-/m1/s1. The Labute approximate surface area is 151 Å². The summed E-state index contributed by atoms with van der Waals surface area (Å²) in [6, 6.07) is 7.36. The highest BCUT2D eigenvalue weighted by Gasteiger charge is 2.23. The maximum Gasteiger partial charge on any atom is 0.181 e. The maximum absolute atomic E-state index is 14.5. The first-order valence-corrected chi connectivity index (χ1v) is 9.06. The summed E-state index contributed by atoms with van der Waals surface area (Å²) in [5.41, 5.74) is 1.42. The van der Waals surface area contributed by atoms with Gasteiger partial charge in [-0.2, -0.15) is 5.10 Å². The minimum Gasteiger partial charge on any atom is -0.354 e. The second-order valence-electron chi connectivity index (χ2n) is 7.20. The number of nitrogens with zero attached hydrogens (tertiary/aromatic N) is 4. The van der Waals surface area contributed by atoms with E-state index in [9.17, 15) is 4.39 Å². The number of H-pyrrole nitrogens is 1. The molecular formula is C19H23FN6. The predicted molar refractivity (Wildman–Crippen MR) is 101 cm³/mol. The predicted octanol–water partition coefficient (Wildman–Crippen LogP) is 2.98. The number of halogens is 1. The van der Waals surface area contributed by atoms with E-state index in [0.29, 0.717) is 23.3 Å². The second kappa shape index (κ2) is 6.99. The summed E-state index contributed by atoms with van der Waals surface area (Å²) in [4.78, 5) is 11.0. The van der Waals surface area contributed by atoms with Crippen molar-refractivity contribution in [3.8, 4) is 11.4 Å². The zero-order valence-electron chi connectivity index (χ0n) is 15.0. The fraction of sp³-hybridized carbons (Fsp3) is 0.421. The van der Waals surface area contributed by atoms with Crippen LogP contribution in [0.2, 0.25) is 0 Å². The normalized spacial score (nSPS) is 18.0. The van der Waals surface area contributed by atoms with Gasteiger partial charge in [-0.15, -0.1) is 0 Å². The third-order valence-corrected chi connectivity index (χ3v) is 4.73. The van der Waals surface area contributed by atoms with Crippen molar-refractivity contribution < 1.29 is 4.39 Å². The molecule has 0 aliphatic carbocycles. The Kier molecular flexibility index (Phi) is 4.55. The lowest BCUT2D eigenvalue weighted by Crippen LogP contribution is -2.51. The van der Waals surface area contributed by atoms with Gasteiger partial charge in [0.05, 0.1) is 5.69 Å². The topological polar surface area (TPSA) is 69.7 Å². The largest absolute Gasteiger partial charge is 0.354 e. The fourth-order valence-electron chi connectivity index (χ4n) is 3.57. The molecule has 0 aromatic carbocycles. The first-order chi connectivity index (χ1) is 12.6. The molecule has 7 heteroatoms. The number of pyridine rings is 2. The zero-order chi connectivity index (χ0) is 18.1. The highest BCUT2D eigenvalue weighted by Crippen LogP contribution is 2.28. The molecule has 3 aromatic heterocycles. The number of aromatic nitrogens is 4. The van der Waals surface area contributed by atoms with Crippen LogP contribution in [-0.2, 0) is 0 Å². The highest BCUT2D eigenvalue weighted by atomic mass is 19.1. The van der Waals surface area contributed by atoms with Crippen LogP contribution in [0.1, 0.15) is 20.3 Å². The molecule has 26 heavy (non-hydrogen) atoms. The van der Waals surface area contributed by atoms with Crippen LogP contribution in [0, 0.1) is 11.7 Å². The van der Waals surface area contributed by atoms with E-state index in [1.54, 1.807) is 12.3 Å². The molecule has 3 aromatic rings. The molecule has 1 aliphatic heterocycles. The lowest BCUT2D eigenvalue weighted by atomic mass is 10.0. The molecule has 2 N–H and O–H groups in total. The molecule has 6 nitrogen and oxygen atoms in total. The molecule has 0 amide bonds. The van der Waals surface area contributed by atoms with Crippen molar-refractivity contribution in [1.82, 2.24) is 25.5 Å². The molecule has 1 saturated heterocycles. The van der Waals surface area contributed by atoms with Gasteiger partial charge in [0.2, 0.25) is 0 Å². The molecule has 0 spiro atoms. The molecule has 1 aliphatic rings. The maximum atomic E-state index is 14.5. The summed E-state index contributed by atoms with van der Waals surface area (Å²) in [7, 11) is 0. The van der Waals surface area contributed by atoms with E-state index in [1.807, 2.05) is 12.1 Å². The van der Waals surface area contributed by atoms with Gasteiger partial charge in [0.15, 0.2) is 11.5 Å². The van der Waals surface area contributed by atoms with Crippen molar-refractivity contribution in [2.24, 2.45) is 5.92 Å². The zero-order valence-corrected chi connectivity index (χ0v) is 15.0. The Morgan fingerprint density at radius 1 is 1.31 bits per heavy atom. The molecule has 0 radical (unpaired) electrons. The summed E-state index contributed by atoms with van der Waals surface area (Å²) in [5, 5.41) is 11.4. The van der Waals surface area contributed by atoms with Gasteiger partial charge in [0.25, 0.3) is 0 Å². The summed E-state index contributed by atoms with van der Waals surface area (Å²) in [6.45, 7) is 7.10. The van der Waals surface area contributed by atoms with Crippen LogP contribution >= 0.6 is 0 Å². The molecule has 1 fully saturated rings. The number of rotatable bonds is 4. The number of aromatic amines is 1. The highest BCUT2D eigenvalue weighted by molar-refractivity contribution is 5.89. The van der Waals surface area contributed by atoms with Crippen molar-refractivity contribution in [2.75, 3.05) is 24.5 Å². The van der Waals surface area contributed by atoms with Crippen molar-refractivity contribution in [1.29, 1.82) is 0 Å². The van der Waals surface area contributed by atoms with Crippen LogP contribution in [0.3, 0.4) is 0 Å². The van der Waals surface area contributed by atoms with Gasteiger partial charge in [0, 0.05) is 37.3 Å². The Morgan fingerprint density at radius 3 is 3.04 bits per heavy atom. The molecule has 4 heterocycles. The van der Waals surface area contributed by atoms with E-state index in [1.165, 1.54) is 6.07 Å². The Bertz CT molecular complexity index is 906. The van der Waals surface area contributed by atoms with Crippen LogP contribution in [0.4, 0.5) is 10.2 Å². The Morgan fingerprint density at radius 2 is 2.19 bits per heavy atom. The molecular weight excluding hydrogens is 331 g/mol. The molecule has 0 bridgehead atoms. The van der Waals surface area contributed by atoms with Gasteiger partial charge in [-0.3, -0.25) is 5.10 Å². The van der Waals surface area contributed by atoms with Gasteiger partial charge < -0.3 is 10.2 Å². The molecule has 1 atom stereocenters. The number of fused-ring (bicyclic) bond motifs is 1. The first kappa shape index (κ1) is 16.9. The van der Waals surface area contributed by atoms with E-state index < -0.39 is 0 Å². The Hall–Kier alpha value is -2.54. The second-order valence-corrected chi connectivity index (χ2v) is 7.20. The summed E-state index contributed by atoms with van der Waals surface area (Å²) in [6.07, 6.45) is 2.78. The number of hydrogen-bond donors (Lipinski definition) is 2. The fourth-order valence-corrected chi connectivity index (χ4v) is 3.57. The third-order valence-electron chi connectivity index (χ3n) is 4.73. The number of anilines is 1. The van der Waals surface area contributed by atoms with Crippen LogP contribution in [0.25, 0.3) is 22.4 Å². The van der Waals surface area contributed by atoms with Crippen LogP contribution in [0.15, 0.2) is 30.5 Å². The lowest BCUT2D eigenvalue weighted by molar-refractivity contribution is 0.387. The average Bonchev–Trinajstić information content (AvgIpc) is 3.06. The minimum atomic E-state index is -0.364. The van der Waals surface area contributed by atoms with Crippen molar-refractivity contribution >= 4 is 16.9 Å². The van der Waals surface area contributed by atoms with Crippen LogP contribution in [0.5, 0.6) is 0 Å². The molecule has 136 valence electrons. The minimum absolute atomic E-state index is 0.289. The van der Waals surface area contributed by atoms with E-state index in [-0.39, 0.29) is 11.5 Å². The Balaban J connectivity index is 1.66. The van der Waals surface area contributed by atoms with E-state index in [0.717, 1.165) is 37.3 Å². The number of piperazine rings is 1. The summed E-state index contributed by atoms with van der Waals surface area (Å²) >= 11 is 0.